The van der Waals surface area contributed by atoms with E-state index in [1.165, 1.54) is 18.2 Å². The van der Waals surface area contributed by atoms with Crippen LogP contribution in [0.15, 0.2) is 18.2 Å². The topological polar surface area (TPSA) is 38.3 Å². The number of rotatable bonds is 5. The van der Waals surface area contributed by atoms with E-state index in [1.807, 2.05) is 6.92 Å². The minimum Gasteiger partial charge on any atom is -0.380 e. The van der Waals surface area contributed by atoms with Crippen molar-refractivity contribution in [3.63, 3.8) is 0 Å². The molecule has 0 spiro atoms. The first kappa shape index (κ1) is 12.9. The fourth-order valence-corrected chi connectivity index (χ4v) is 1.32. The Morgan fingerprint density at radius 3 is 3.00 bits per heavy atom. The van der Waals surface area contributed by atoms with Gasteiger partial charge in [-0.2, -0.15) is 0 Å². The number of amides is 1. The van der Waals surface area contributed by atoms with Gasteiger partial charge in [0.25, 0.3) is 5.91 Å². The number of halogens is 2. The van der Waals surface area contributed by atoms with Gasteiger partial charge in [-0.05, 0) is 25.1 Å². The highest BCUT2D eigenvalue weighted by Crippen LogP contribution is 2.14. The lowest BCUT2D eigenvalue weighted by atomic mass is 10.2. The predicted molar refractivity (Wildman–Crippen MR) is 60.2 cm³/mol. The highest BCUT2D eigenvalue weighted by molar-refractivity contribution is 6.30. The van der Waals surface area contributed by atoms with Crippen LogP contribution >= 0.6 is 11.6 Å². The molecule has 16 heavy (non-hydrogen) atoms. The molecule has 1 aromatic rings. The first-order valence-corrected chi connectivity index (χ1v) is 5.34. The summed E-state index contributed by atoms with van der Waals surface area (Å²) in [6.07, 6.45) is 0. The van der Waals surface area contributed by atoms with Gasteiger partial charge in [0, 0.05) is 18.2 Å². The third-order valence-corrected chi connectivity index (χ3v) is 2.14. The SMILES string of the molecule is CCOCCNC(=O)c1cc(Cl)ccc1F. The van der Waals surface area contributed by atoms with Crippen LogP contribution < -0.4 is 5.32 Å². The van der Waals surface area contributed by atoms with Gasteiger partial charge in [-0.1, -0.05) is 11.6 Å². The summed E-state index contributed by atoms with van der Waals surface area (Å²) < 4.78 is 18.3. The average molecular weight is 246 g/mol. The molecule has 3 nitrogen and oxygen atoms in total. The second kappa shape index (κ2) is 6.45. The molecule has 1 N–H and O–H groups in total. The maximum atomic E-state index is 13.2. The Morgan fingerprint density at radius 1 is 1.56 bits per heavy atom. The van der Waals surface area contributed by atoms with Gasteiger partial charge in [0.15, 0.2) is 0 Å². The van der Waals surface area contributed by atoms with Gasteiger partial charge < -0.3 is 10.1 Å². The van der Waals surface area contributed by atoms with E-state index < -0.39 is 11.7 Å². The zero-order valence-corrected chi connectivity index (χ0v) is 9.68. The lowest BCUT2D eigenvalue weighted by molar-refractivity contribution is 0.0918. The molecule has 1 amide bonds. The first-order valence-electron chi connectivity index (χ1n) is 4.96. The number of ether oxygens (including phenoxy) is 1. The minimum atomic E-state index is -0.585. The van der Waals surface area contributed by atoms with Crippen LogP contribution in [0.1, 0.15) is 17.3 Å². The molecule has 0 saturated heterocycles. The second-order valence-electron chi connectivity index (χ2n) is 3.08. The summed E-state index contributed by atoms with van der Waals surface area (Å²) in [4.78, 5) is 11.5. The smallest absolute Gasteiger partial charge is 0.254 e. The second-order valence-corrected chi connectivity index (χ2v) is 3.51. The van der Waals surface area contributed by atoms with Crippen molar-refractivity contribution >= 4 is 17.5 Å². The molecule has 0 radical (unpaired) electrons. The van der Waals surface area contributed by atoms with Crippen LogP contribution in [0.5, 0.6) is 0 Å². The van der Waals surface area contributed by atoms with Crippen LogP contribution in [0.2, 0.25) is 5.02 Å². The monoisotopic (exact) mass is 245 g/mol. The molecule has 0 aromatic heterocycles. The van der Waals surface area contributed by atoms with E-state index in [-0.39, 0.29) is 5.56 Å². The molecule has 0 aliphatic heterocycles. The summed E-state index contributed by atoms with van der Waals surface area (Å²) in [7, 11) is 0. The number of hydrogen-bond acceptors (Lipinski definition) is 2. The summed E-state index contributed by atoms with van der Waals surface area (Å²) in [5, 5.41) is 2.87. The molecule has 0 saturated carbocycles. The van der Waals surface area contributed by atoms with E-state index in [9.17, 15) is 9.18 Å². The molecular weight excluding hydrogens is 233 g/mol. The summed E-state index contributed by atoms with van der Waals surface area (Å²) in [5.74, 6) is -1.07. The van der Waals surface area contributed by atoms with Gasteiger partial charge in [0.1, 0.15) is 5.82 Å². The van der Waals surface area contributed by atoms with E-state index in [1.54, 1.807) is 0 Å². The van der Waals surface area contributed by atoms with Crippen LogP contribution in [0.3, 0.4) is 0 Å². The molecule has 0 unspecified atom stereocenters. The normalized spacial score (nSPS) is 10.2. The lowest BCUT2D eigenvalue weighted by Gasteiger charge is -2.06. The lowest BCUT2D eigenvalue weighted by Crippen LogP contribution is -2.28. The molecule has 88 valence electrons. The van der Waals surface area contributed by atoms with Crippen molar-refractivity contribution in [2.24, 2.45) is 0 Å². The zero-order valence-electron chi connectivity index (χ0n) is 8.93. The van der Waals surface area contributed by atoms with Crippen molar-refractivity contribution in [1.29, 1.82) is 0 Å². The largest absolute Gasteiger partial charge is 0.380 e. The highest BCUT2D eigenvalue weighted by atomic mass is 35.5. The number of carbonyl (C=O) groups is 1. The number of benzene rings is 1. The molecule has 1 rings (SSSR count). The van der Waals surface area contributed by atoms with E-state index in [0.717, 1.165) is 0 Å². The van der Waals surface area contributed by atoms with Gasteiger partial charge in [-0.25, -0.2) is 4.39 Å². The minimum absolute atomic E-state index is 0.0519. The van der Waals surface area contributed by atoms with Crippen LogP contribution in [-0.2, 0) is 4.74 Å². The summed E-state index contributed by atoms with van der Waals surface area (Å²) in [5.41, 5.74) is -0.0519. The standard InChI is InChI=1S/C11H13ClFNO2/c1-2-16-6-5-14-11(15)9-7-8(12)3-4-10(9)13/h3-4,7H,2,5-6H2,1H3,(H,14,15). The summed E-state index contributed by atoms with van der Waals surface area (Å²) in [6.45, 7) is 3.20. The van der Waals surface area contributed by atoms with Crippen molar-refractivity contribution < 1.29 is 13.9 Å². The Balaban J connectivity index is 2.55. The third kappa shape index (κ3) is 3.79. The Hall–Kier alpha value is -1.13. The predicted octanol–water partition coefficient (Wildman–Crippen LogP) is 2.25. The van der Waals surface area contributed by atoms with Crippen molar-refractivity contribution in [1.82, 2.24) is 5.32 Å². The number of carbonyl (C=O) groups excluding carboxylic acids is 1. The van der Waals surface area contributed by atoms with Gasteiger partial charge in [0.05, 0.1) is 12.2 Å². The van der Waals surface area contributed by atoms with E-state index in [2.05, 4.69) is 5.32 Å². The Bertz CT molecular complexity index is 371. The Kier molecular flexibility index (Phi) is 5.22. The van der Waals surface area contributed by atoms with Gasteiger partial charge in [-0.15, -0.1) is 0 Å². The summed E-state index contributed by atoms with van der Waals surface area (Å²) in [6, 6.07) is 3.86. The molecule has 5 heteroatoms. The van der Waals surface area contributed by atoms with Gasteiger partial charge >= 0.3 is 0 Å². The number of hydrogen-bond donors (Lipinski definition) is 1. The van der Waals surface area contributed by atoms with Crippen LogP contribution in [-0.4, -0.2) is 25.7 Å². The molecule has 0 bridgehead atoms. The first-order chi connectivity index (χ1) is 7.65. The molecular formula is C11H13ClFNO2. The van der Waals surface area contributed by atoms with E-state index in [0.29, 0.717) is 24.8 Å². The van der Waals surface area contributed by atoms with Crippen molar-refractivity contribution in [2.45, 2.75) is 6.92 Å². The molecule has 1 aromatic carbocycles. The third-order valence-electron chi connectivity index (χ3n) is 1.91. The Morgan fingerprint density at radius 2 is 2.31 bits per heavy atom. The molecule has 0 heterocycles. The van der Waals surface area contributed by atoms with Crippen LogP contribution in [0.25, 0.3) is 0 Å². The highest BCUT2D eigenvalue weighted by Gasteiger charge is 2.11. The van der Waals surface area contributed by atoms with Gasteiger partial charge in [-0.3, -0.25) is 4.79 Å². The molecule has 0 fully saturated rings. The number of nitrogens with one attached hydrogen (secondary N) is 1. The quantitative estimate of drug-likeness (QED) is 0.808. The van der Waals surface area contributed by atoms with Crippen LogP contribution in [0, 0.1) is 5.82 Å². The average Bonchev–Trinajstić information content (AvgIpc) is 2.27. The fourth-order valence-electron chi connectivity index (χ4n) is 1.15. The molecule has 0 atom stereocenters. The van der Waals surface area contributed by atoms with E-state index in [4.69, 9.17) is 16.3 Å². The zero-order chi connectivity index (χ0) is 12.0. The Labute approximate surface area is 98.5 Å². The summed E-state index contributed by atoms with van der Waals surface area (Å²) >= 11 is 5.67. The van der Waals surface area contributed by atoms with E-state index >= 15 is 0 Å². The van der Waals surface area contributed by atoms with Crippen molar-refractivity contribution in [3.05, 3.63) is 34.6 Å². The maximum absolute atomic E-state index is 13.2. The van der Waals surface area contributed by atoms with Crippen molar-refractivity contribution in [2.75, 3.05) is 19.8 Å². The molecule has 0 aliphatic rings. The van der Waals surface area contributed by atoms with Crippen molar-refractivity contribution in [3.8, 4) is 0 Å². The fraction of sp³-hybridized carbons (Fsp3) is 0.364. The molecule has 0 aliphatic carbocycles. The van der Waals surface area contributed by atoms with Crippen LogP contribution in [0.4, 0.5) is 4.39 Å². The van der Waals surface area contributed by atoms with Gasteiger partial charge in [0.2, 0.25) is 0 Å². The maximum Gasteiger partial charge on any atom is 0.254 e.